The third kappa shape index (κ3) is 4.85. The second-order valence-corrected chi connectivity index (χ2v) is 5.46. The zero-order chi connectivity index (χ0) is 14.3. The van der Waals surface area contributed by atoms with Crippen LogP contribution in [0.3, 0.4) is 0 Å². The fourth-order valence-electron chi connectivity index (χ4n) is 2.21. The largest absolute Gasteiger partial charge is 0.309 e. The molecule has 0 spiro atoms. The first-order valence-corrected chi connectivity index (χ1v) is 7.94. The van der Waals surface area contributed by atoms with Crippen LogP contribution < -0.4 is 5.32 Å². The number of aromatic nitrogens is 3. The van der Waals surface area contributed by atoms with Crippen LogP contribution >= 0.6 is 15.9 Å². The normalized spacial score (nSPS) is 13.2. The minimum absolute atomic E-state index is 0.301. The van der Waals surface area contributed by atoms with Gasteiger partial charge < -0.3 is 10.2 Å². The molecule has 1 heterocycles. The summed E-state index contributed by atoms with van der Waals surface area (Å²) in [7, 11) is 1.95. The molecule has 0 aliphatic rings. The lowest BCUT2D eigenvalue weighted by Gasteiger charge is -2.23. The predicted octanol–water partition coefficient (Wildman–Crippen LogP) is 2.35. The Bertz CT molecular complexity index is 342. The molecule has 0 saturated carbocycles. The number of hydrogen-bond donors (Lipinski definition) is 1. The SMILES string of the molecule is CCCNC(CCN(CC)CC)c1c(Br)nnn1C. The molecule has 1 rings (SSSR count). The van der Waals surface area contributed by atoms with Gasteiger partial charge in [-0.3, -0.25) is 0 Å². The summed E-state index contributed by atoms with van der Waals surface area (Å²) in [5, 5.41) is 11.8. The second kappa shape index (κ2) is 8.66. The van der Waals surface area contributed by atoms with Crippen LogP contribution in [0.25, 0.3) is 0 Å². The van der Waals surface area contributed by atoms with Crippen molar-refractivity contribution in [1.82, 2.24) is 25.2 Å². The summed E-state index contributed by atoms with van der Waals surface area (Å²) in [6.07, 6.45) is 2.20. The molecule has 0 amide bonds. The van der Waals surface area contributed by atoms with E-state index < -0.39 is 0 Å². The molecule has 0 aliphatic carbocycles. The Labute approximate surface area is 124 Å². The first-order valence-electron chi connectivity index (χ1n) is 7.14. The number of nitrogens with zero attached hydrogens (tertiary/aromatic N) is 4. The Morgan fingerprint density at radius 2 is 2.00 bits per heavy atom. The van der Waals surface area contributed by atoms with Crippen molar-refractivity contribution in [3.05, 3.63) is 10.3 Å². The van der Waals surface area contributed by atoms with E-state index in [2.05, 4.69) is 57.2 Å². The molecular formula is C13H26BrN5. The molecule has 1 atom stereocenters. The van der Waals surface area contributed by atoms with Gasteiger partial charge >= 0.3 is 0 Å². The average molecular weight is 332 g/mol. The van der Waals surface area contributed by atoms with E-state index in [9.17, 15) is 0 Å². The van der Waals surface area contributed by atoms with Crippen molar-refractivity contribution < 1.29 is 0 Å². The van der Waals surface area contributed by atoms with Gasteiger partial charge in [0.1, 0.15) is 0 Å². The van der Waals surface area contributed by atoms with Crippen molar-refractivity contribution >= 4 is 15.9 Å². The Kier molecular flexibility index (Phi) is 7.56. The smallest absolute Gasteiger partial charge is 0.153 e. The van der Waals surface area contributed by atoms with Crippen LogP contribution in [0.1, 0.15) is 45.3 Å². The number of rotatable bonds is 9. The lowest BCUT2D eigenvalue weighted by molar-refractivity contribution is 0.279. The van der Waals surface area contributed by atoms with Crippen LogP contribution in [0.4, 0.5) is 0 Å². The van der Waals surface area contributed by atoms with Crippen molar-refractivity contribution in [2.75, 3.05) is 26.2 Å². The van der Waals surface area contributed by atoms with Gasteiger partial charge in [-0.25, -0.2) is 4.68 Å². The average Bonchev–Trinajstić information content (AvgIpc) is 2.74. The maximum Gasteiger partial charge on any atom is 0.153 e. The van der Waals surface area contributed by atoms with Crippen molar-refractivity contribution in [2.45, 2.75) is 39.7 Å². The summed E-state index contributed by atoms with van der Waals surface area (Å²) in [5.41, 5.74) is 1.14. The Hall–Kier alpha value is -0.460. The maximum atomic E-state index is 4.09. The van der Waals surface area contributed by atoms with Crippen LogP contribution in [-0.4, -0.2) is 46.1 Å². The van der Waals surface area contributed by atoms with E-state index in [1.165, 1.54) is 0 Å². The number of nitrogens with one attached hydrogen (secondary N) is 1. The molecule has 0 radical (unpaired) electrons. The van der Waals surface area contributed by atoms with Gasteiger partial charge in [0.25, 0.3) is 0 Å². The van der Waals surface area contributed by atoms with Gasteiger partial charge in [-0.05, 0) is 55.0 Å². The van der Waals surface area contributed by atoms with Gasteiger partial charge in [-0.15, -0.1) is 5.10 Å². The topological polar surface area (TPSA) is 46.0 Å². The second-order valence-electron chi connectivity index (χ2n) is 4.71. The van der Waals surface area contributed by atoms with Crippen LogP contribution in [0, 0.1) is 0 Å². The van der Waals surface area contributed by atoms with Crippen molar-refractivity contribution in [3.63, 3.8) is 0 Å². The van der Waals surface area contributed by atoms with Crippen molar-refractivity contribution in [2.24, 2.45) is 7.05 Å². The van der Waals surface area contributed by atoms with Crippen LogP contribution in [0.15, 0.2) is 4.60 Å². The summed E-state index contributed by atoms with van der Waals surface area (Å²) in [4.78, 5) is 2.44. The maximum absolute atomic E-state index is 4.09. The summed E-state index contributed by atoms with van der Waals surface area (Å²) >= 11 is 3.50. The van der Waals surface area contributed by atoms with E-state index in [4.69, 9.17) is 0 Å². The van der Waals surface area contributed by atoms with Gasteiger partial charge in [-0.1, -0.05) is 26.0 Å². The quantitative estimate of drug-likeness (QED) is 0.754. The molecule has 0 bridgehead atoms. The highest BCUT2D eigenvalue weighted by Crippen LogP contribution is 2.23. The van der Waals surface area contributed by atoms with Crippen LogP contribution in [0.2, 0.25) is 0 Å². The third-order valence-corrected chi connectivity index (χ3v) is 3.99. The molecule has 0 aromatic carbocycles. The highest BCUT2D eigenvalue weighted by molar-refractivity contribution is 9.10. The minimum atomic E-state index is 0.301. The van der Waals surface area contributed by atoms with Gasteiger partial charge in [0.2, 0.25) is 0 Å². The number of halogens is 1. The van der Waals surface area contributed by atoms with E-state index in [1.807, 2.05) is 11.7 Å². The molecule has 1 aromatic heterocycles. The van der Waals surface area contributed by atoms with E-state index in [0.717, 1.165) is 49.3 Å². The molecule has 1 N–H and O–H groups in total. The summed E-state index contributed by atoms with van der Waals surface area (Å²) in [5.74, 6) is 0. The molecule has 0 fully saturated rings. The zero-order valence-electron chi connectivity index (χ0n) is 12.5. The first-order chi connectivity index (χ1) is 9.13. The Balaban J connectivity index is 2.72. The Morgan fingerprint density at radius 1 is 1.32 bits per heavy atom. The molecule has 19 heavy (non-hydrogen) atoms. The molecule has 0 saturated heterocycles. The molecule has 0 aliphatic heterocycles. The predicted molar refractivity (Wildman–Crippen MR) is 82.1 cm³/mol. The van der Waals surface area contributed by atoms with Gasteiger partial charge in [0, 0.05) is 7.05 Å². The van der Waals surface area contributed by atoms with Crippen molar-refractivity contribution in [3.8, 4) is 0 Å². The van der Waals surface area contributed by atoms with E-state index in [-0.39, 0.29) is 0 Å². The van der Waals surface area contributed by atoms with E-state index >= 15 is 0 Å². The fourth-order valence-corrected chi connectivity index (χ4v) is 2.82. The molecule has 5 nitrogen and oxygen atoms in total. The lowest BCUT2D eigenvalue weighted by atomic mass is 10.1. The molecule has 110 valence electrons. The Morgan fingerprint density at radius 3 is 2.47 bits per heavy atom. The summed E-state index contributed by atoms with van der Waals surface area (Å²) in [6.45, 7) is 10.9. The summed E-state index contributed by atoms with van der Waals surface area (Å²) < 4.78 is 2.71. The highest BCUT2D eigenvalue weighted by Gasteiger charge is 2.20. The standard InChI is InChI=1S/C13H26BrN5/c1-5-9-15-11(8-10-19(6-2)7-3)12-13(14)16-17-18(12)4/h11,15H,5-10H2,1-4H3. The fraction of sp³-hybridized carbons (Fsp3) is 0.846. The van der Waals surface area contributed by atoms with Gasteiger partial charge in [0.05, 0.1) is 11.7 Å². The van der Waals surface area contributed by atoms with Gasteiger partial charge in [-0.2, -0.15) is 0 Å². The van der Waals surface area contributed by atoms with Crippen LogP contribution in [-0.2, 0) is 7.05 Å². The van der Waals surface area contributed by atoms with Crippen molar-refractivity contribution in [1.29, 1.82) is 0 Å². The highest BCUT2D eigenvalue weighted by atomic mass is 79.9. The molecule has 6 heteroatoms. The molecule has 1 unspecified atom stereocenters. The van der Waals surface area contributed by atoms with Gasteiger partial charge in [0.15, 0.2) is 4.60 Å². The molecular weight excluding hydrogens is 306 g/mol. The van der Waals surface area contributed by atoms with Crippen LogP contribution in [0.5, 0.6) is 0 Å². The zero-order valence-corrected chi connectivity index (χ0v) is 14.1. The van der Waals surface area contributed by atoms with E-state index in [0.29, 0.717) is 6.04 Å². The lowest BCUT2D eigenvalue weighted by Crippen LogP contribution is -2.31. The minimum Gasteiger partial charge on any atom is -0.309 e. The summed E-state index contributed by atoms with van der Waals surface area (Å²) in [6, 6.07) is 0.301. The monoisotopic (exact) mass is 331 g/mol. The van der Waals surface area contributed by atoms with E-state index in [1.54, 1.807) is 0 Å². The number of hydrogen-bond acceptors (Lipinski definition) is 4. The number of aryl methyl sites for hydroxylation is 1. The molecule has 1 aromatic rings. The first kappa shape index (κ1) is 16.6. The third-order valence-electron chi connectivity index (χ3n) is 3.43.